The Kier molecular flexibility index (Phi) is 4.84. The van der Waals surface area contributed by atoms with Crippen LogP contribution in [0.4, 0.5) is 0 Å². The van der Waals surface area contributed by atoms with E-state index in [4.69, 9.17) is 11.6 Å². The molecule has 0 fully saturated rings. The highest BCUT2D eigenvalue weighted by molar-refractivity contribution is 6.29. The van der Waals surface area contributed by atoms with Gasteiger partial charge in [-0.25, -0.2) is 4.79 Å². The SMILES string of the molecule is O=C(N[C@H](Cc1ccccc1)C(=O)O)c1ccc(Cl)nn1. The van der Waals surface area contributed by atoms with Crippen LogP contribution in [0.3, 0.4) is 0 Å². The normalized spacial score (nSPS) is 11.7. The minimum absolute atomic E-state index is 0.0127. The van der Waals surface area contributed by atoms with Crippen LogP contribution in [0.25, 0.3) is 0 Å². The van der Waals surface area contributed by atoms with Crippen LogP contribution in [0.5, 0.6) is 0 Å². The van der Waals surface area contributed by atoms with Gasteiger partial charge in [-0.15, -0.1) is 10.2 Å². The maximum atomic E-state index is 11.9. The van der Waals surface area contributed by atoms with Gasteiger partial charge in [0, 0.05) is 6.42 Å². The maximum Gasteiger partial charge on any atom is 0.326 e. The molecule has 1 aromatic carbocycles. The van der Waals surface area contributed by atoms with Crippen molar-refractivity contribution in [1.29, 1.82) is 0 Å². The Bertz CT molecular complexity index is 632. The number of carbonyl (C=O) groups is 2. The number of hydrogen-bond acceptors (Lipinski definition) is 4. The fourth-order valence-corrected chi connectivity index (χ4v) is 1.82. The summed E-state index contributed by atoms with van der Waals surface area (Å²) in [5, 5.41) is 18.9. The molecule has 2 aromatic rings. The van der Waals surface area contributed by atoms with Crippen LogP contribution >= 0.6 is 11.6 Å². The lowest BCUT2D eigenvalue weighted by molar-refractivity contribution is -0.139. The lowest BCUT2D eigenvalue weighted by Gasteiger charge is -2.14. The third kappa shape index (κ3) is 4.25. The van der Waals surface area contributed by atoms with E-state index in [0.29, 0.717) is 0 Å². The van der Waals surface area contributed by atoms with Crippen LogP contribution in [0.1, 0.15) is 16.1 Å². The van der Waals surface area contributed by atoms with Crippen molar-refractivity contribution in [3.8, 4) is 0 Å². The largest absolute Gasteiger partial charge is 0.480 e. The molecule has 0 bridgehead atoms. The van der Waals surface area contributed by atoms with Crippen molar-refractivity contribution in [3.05, 3.63) is 58.9 Å². The molecular weight excluding hydrogens is 294 g/mol. The van der Waals surface area contributed by atoms with Gasteiger partial charge in [-0.1, -0.05) is 41.9 Å². The number of benzene rings is 1. The first-order chi connectivity index (χ1) is 10.1. The molecule has 2 rings (SSSR count). The predicted molar refractivity (Wildman–Crippen MR) is 76.1 cm³/mol. The van der Waals surface area contributed by atoms with Crippen molar-refractivity contribution in [2.45, 2.75) is 12.5 Å². The molecule has 0 aliphatic rings. The number of carboxylic acids is 1. The zero-order valence-corrected chi connectivity index (χ0v) is 11.6. The zero-order valence-electron chi connectivity index (χ0n) is 10.9. The second-order valence-electron chi connectivity index (χ2n) is 4.30. The van der Waals surface area contributed by atoms with Crippen molar-refractivity contribution < 1.29 is 14.7 Å². The Morgan fingerprint density at radius 1 is 1.14 bits per heavy atom. The number of carbonyl (C=O) groups excluding carboxylic acids is 1. The molecule has 2 N–H and O–H groups in total. The van der Waals surface area contributed by atoms with Crippen molar-refractivity contribution in [2.75, 3.05) is 0 Å². The summed E-state index contributed by atoms with van der Waals surface area (Å²) in [7, 11) is 0. The van der Waals surface area contributed by atoms with Crippen LogP contribution in [-0.2, 0) is 11.2 Å². The second-order valence-corrected chi connectivity index (χ2v) is 4.68. The Morgan fingerprint density at radius 3 is 2.43 bits per heavy atom. The third-order valence-electron chi connectivity index (χ3n) is 2.75. The number of aliphatic carboxylic acids is 1. The van der Waals surface area contributed by atoms with Gasteiger partial charge in [0.25, 0.3) is 5.91 Å². The van der Waals surface area contributed by atoms with Gasteiger partial charge in [-0.2, -0.15) is 0 Å². The van der Waals surface area contributed by atoms with Crippen molar-refractivity contribution in [1.82, 2.24) is 15.5 Å². The highest BCUT2D eigenvalue weighted by Gasteiger charge is 2.21. The molecule has 1 amide bonds. The molecule has 0 radical (unpaired) electrons. The summed E-state index contributed by atoms with van der Waals surface area (Å²) in [6, 6.07) is 10.8. The number of rotatable bonds is 5. The monoisotopic (exact) mass is 305 g/mol. The van der Waals surface area contributed by atoms with Crippen LogP contribution in [-0.4, -0.2) is 33.2 Å². The van der Waals surface area contributed by atoms with Crippen LogP contribution < -0.4 is 5.32 Å². The Morgan fingerprint density at radius 2 is 1.86 bits per heavy atom. The summed E-state index contributed by atoms with van der Waals surface area (Å²) in [5.41, 5.74) is 0.825. The molecule has 1 aromatic heterocycles. The smallest absolute Gasteiger partial charge is 0.326 e. The summed E-state index contributed by atoms with van der Waals surface area (Å²) in [5.74, 6) is -1.73. The number of aromatic nitrogens is 2. The maximum absolute atomic E-state index is 11.9. The molecular formula is C14H12ClN3O3. The van der Waals surface area contributed by atoms with Gasteiger partial charge in [0.1, 0.15) is 6.04 Å². The van der Waals surface area contributed by atoms with E-state index in [2.05, 4.69) is 15.5 Å². The molecule has 108 valence electrons. The number of carboxylic acid groups (broad SMARTS) is 1. The zero-order chi connectivity index (χ0) is 15.2. The second kappa shape index (κ2) is 6.81. The van der Waals surface area contributed by atoms with E-state index >= 15 is 0 Å². The van der Waals surface area contributed by atoms with Crippen molar-refractivity contribution >= 4 is 23.5 Å². The minimum atomic E-state index is -1.12. The van der Waals surface area contributed by atoms with E-state index in [9.17, 15) is 14.7 Å². The van der Waals surface area contributed by atoms with Gasteiger partial charge in [-0.3, -0.25) is 4.79 Å². The number of halogens is 1. The molecule has 0 saturated carbocycles. The van der Waals surface area contributed by atoms with E-state index in [1.165, 1.54) is 12.1 Å². The molecule has 0 saturated heterocycles. The molecule has 7 heteroatoms. The van der Waals surface area contributed by atoms with E-state index in [-0.39, 0.29) is 17.3 Å². The fourth-order valence-electron chi connectivity index (χ4n) is 1.72. The number of nitrogens with one attached hydrogen (secondary N) is 1. The number of hydrogen-bond donors (Lipinski definition) is 2. The van der Waals surface area contributed by atoms with Crippen LogP contribution in [0, 0.1) is 0 Å². The highest BCUT2D eigenvalue weighted by atomic mass is 35.5. The summed E-state index contributed by atoms with van der Waals surface area (Å²) < 4.78 is 0. The molecule has 21 heavy (non-hydrogen) atoms. The Balaban J connectivity index is 2.07. The van der Waals surface area contributed by atoms with Gasteiger partial charge >= 0.3 is 5.97 Å². The Labute approximate surface area is 125 Å². The first-order valence-electron chi connectivity index (χ1n) is 6.13. The molecule has 1 heterocycles. The molecule has 6 nitrogen and oxygen atoms in total. The summed E-state index contributed by atoms with van der Waals surface area (Å²) in [4.78, 5) is 23.2. The average molecular weight is 306 g/mol. The van der Waals surface area contributed by atoms with Gasteiger partial charge in [0.05, 0.1) is 0 Å². The summed E-state index contributed by atoms with van der Waals surface area (Å²) in [6.45, 7) is 0. The van der Waals surface area contributed by atoms with Gasteiger partial charge in [0.15, 0.2) is 10.8 Å². The van der Waals surface area contributed by atoms with Crippen molar-refractivity contribution in [3.63, 3.8) is 0 Å². The average Bonchev–Trinajstić information content (AvgIpc) is 2.48. The topological polar surface area (TPSA) is 92.2 Å². The first kappa shape index (κ1) is 14.9. The number of nitrogens with zero attached hydrogens (tertiary/aromatic N) is 2. The predicted octanol–water partition coefficient (Wildman–Crippen LogP) is 1.56. The minimum Gasteiger partial charge on any atom is -0.480 e. The van der Waals surface area contributed by atoms with Gasteiger partial charge in [0.2, 0.25) is 0 Å². The lowest BCUT2D eigenvalue weighted by atomic mass is 10.1. The van der Waals surface area contributed by atoms with Crippen LogP contribution in [0.15, 0.2) is 42.5 Å². The van der Waals surface area contributed by atoms with Crippen LogP contribution in [0.2, 0.25) is 5.15 Å². The molecule has 0 unspecified atom stereocenters. The number of amides is 1. The van der Waals surface area contributed by atoms with E-state index in [1.54, 1.807) is 24.3 Å². The van der Waals surface area contributed by atoms with Gasteiger partial charge < -0.3 is 10.4 Å². The lowest BCUT2D eigenvalue weighted by Crippen LogP contribution is -2.42. The summed E-state index contributed by atoms with van der Waals surface area (Å²) >= 11 is 5.58. The van der Waals surface area contributed by atoms with E-state index < -0.39 is 17.9 Å². The molecule has 0 aliphatic heterocycles. The first-order valence-corrected chi connectivity index (χ1v) is 6.51. The third-order valence-corrected chi connectivity index (χ3v) is 2.95. The quantitative estimate of drug-likeness (QED) is 0.874. The fraction of sp³-hybridized carbons (Fsp3) is 0.143. The standard InChI is InChI=1S/C14H12ClN3O3/c15-12-7-6-10(17-18-12)13(19)16-11(14(20)21)8-9-4-2-1-3-5-9/h1-7,11H,8H2,(H,16,19)(H,20,21)/t11-/m1/s1. The summed E-state index contributed by atoms with van der Waals surface area (Å²) in [6.07, 6.45) is 0.183. The molecule has 0 aliphatic carbocycles. The van der Waals surface area contributed by atoms with Gasteiger partial charge in [-0.05, 0) is 17.7 Å². The highest BCUT2D eigenvalue weighted by Crippen LogP contribution is 2.06. The van der Waals surface area contributed by atoms with Crippen molar-refractivity contribution in [2.24, 2.45) is 0 Å². The van der Waals surface area contributed by atoms with E-state index in [0.717, 1.165) is 5.56 Å². The van der Waals surface area contributed by atoms with E-state index in [1.807, 2.05) is 6.07 Å². The molecule has 1 atom stereocenters. The molecule has 0 spiro atoms. The Hall–Kier alpha value is -2.47.